The van der Waals surface area contributed by atoms with Gasteiger partial charge in [-0.2, -0.15) is 0 Å². The Morgan fingerprint density at radius 1 is 1.03 bits per heavy atom. The van der Waals surface area contributed by atoms with Crippen LogP contribution in [0.1, 0.15) is 36.3 Å². The summed E-state index contributed by atoms with van der Waals surface area (Å²) in [6.07, 6.45) is 2.88. The van der Waals surface area contributed by atoms with Crippen LogP contribution in [0.4, 0.5) is 0 Å². The smallest absolute Gasteiger partial charge is 0.247 e. The molecule has 3 aromatic rings. The van der Waals surface area contributed by atoms with E-state index in [1.807, 2.05) is 35.2 Å². The number of fused-ring (bicyclic) bond motifs is 2. The number of benzene rings is 2. The van der Waals surface area contributed by atoms with Crippen molar-refractivity contribution in [2.45, 2.75) is 37.6 Å². The highest BCUT2D eigenvalue weighted by Gasteiger charge is 2.40. The average molecular weight is 402 g/mol. The van der Waals surface area contributed by atoms with Crippen LogP contribution in [0, 0.1) is 0 Å². The van der Waals surface area contributed by atoms with E-state index in [9.17, 15) is 4.79 Å². The number of hydrogen-bond acceptors (Lipinski definition) is 5. The van der Waals surface area contributed by atoms with Crippen molar-refractivity contribution in [2.24, 2.45) is 0 Å². The molecule has 0 radical (unpaired) electrons. The molecule has 6 heteroatoms. The Kier molecular flexibility index (Phi) is 5.09. The Hall–Kier alpha value is -2.99. The molecule has 1 N–H and O–H groups in total. The van der Waals surface area contributed by atoms with Gasteiger partial charge in [0.1, 0.15) is 0 Å². The van der Waals surface area contributed by atoms with Crippen molar-refractivity contribution in [1.82, 2.24) is 20.4 Å². The molecule has 2 aliphatic rings. The van der Waals surface area contributed by atoms with Crippen LogP contribution in [0.25, 0.3) is 11.5 Å². The van der Waals surface area contributed by atoms with Crippen LogP contribution in [0.3, 0.4) is 0 Å². The number of likely N-dealkylation sites (tertiary alicyclic amines) is 1. The quantitative estimate of drug-likeness (QED) is 0.725. The van der Waals surface area contributed by atoms with Crippen LogP contribution in [0.15, 0.2) is 59.0 Å². The Balaban J connectivity index is 1.18. The minimum Gasteiger partial charge on any atom is -0.421 e. The zero-order valence-corrected chi connectivity index (χ0v) is 17.0. The Morgan fingerprint density at radius 3 is 2.63 bits per heavy atom. The summed E-state index contributed by atoms with van der Waals surface area (Å²) in [6.45, 7) is 3.54. The third kappa shape index (κ3) is 3.63. The first-order chi connectivity index (χ1) is 14.7. The standard InChI is InChI=1S/C24H26N4O2/c29-22(11-10-21-26-27-23(30-21)18-6-2-1-3-7-18)28-14-12-24(13-15-28)17-25-16-19-8-4-5-9-20(19)24/h1-9,25H,10-17H2. The van der Waals surface area contributed by atoms with E-state index in [1.165, 1.54) is 11.1 Å². The van der Waals surface area contributed by atoms with E-state index >= 15 is 0 Å². The minimum absolute atomic E-state index is 0.155. The normalized spacial score (nSPS) is 17.7. The van der Waals surface area contributed by atoms with Crippen LogP contribution in [0.2, 0.25) is 0 Å². The van der Waals surface area contributed by atoms with Crippen molar-refractivity contribution in [2.75, 3.05) is 19.6 Å². The largest absolute Gasteiger partial charge is 0.421 e. The minimum atomic E-state index is 0.155. The summed E-state index contributed by atoms with van der Waals surface area (Å²) in [6, 6.07) is 18.4. The first-order valence-corrected chi connectivity index (χ1v) is 10.7. The maximum Gasteiger partial charge on any atom is 0.247 e. The number of aryl methyl sites for hydroxylation is 1. The van der Waals surface area contributed by atoms with Gasteiger partial charge in [-0.15, -0.1) is 10.2 Å². The van der Waals surface area contributed by atoms with E-state index < -0.39 is 0 Å². The second-order valence-electron chi connectivity index (χ2n) is 8.29. The SMILES string of the molecule is O=C(CCc1nnc(-c2ccccc2)o1)N1CCC2(CC1)CNCc1ccccc12. The summed E-state index contributed by atoms with van der Waals surface area (Å²) in [7, 11) is 0. The summed E-state index contributed by atoms with van der Waals surface area (Å²) in [5.74, 6) is 1.18. The summed E-state index contributed by atoms with van der Waals surface area (Å²) >= 11 is 0. The van der Waals surface area contributed by atoms with Crippen LogP contribution in [0.5, 0.6) is 0 Å². The highest BCUT2D eigenvalue weighted by Crippen LogP contribution is 2.39. The fraction of sp³-hybridized carbons (Fsp3) is 0.375. The van der Waals surface area contributed by atoms with E-state index in [0.29, 0.717) is 24.6 Å². The van der Waals surface area contributed by atoms with Crippen molar-refractivity contribution in [3.05, 3.63) is 71.6 Å². The lowest BCUT2D eigenvalue weighted by Crippen LogP contribution is -2.51. The van der Waals surface area contributed by atoms with Gasteiger partial charge in [0.25, 0.3) is 0 Å². The van der Waals surface area contributed by atoms with Gasteiger partial charge in [0.2, 0.25) is 17.7 Å². The molecule has 0 unspecified atom stereocenters. The molecule has 0 saturated carbocycles. The summed E-state index contributed by atoms with van der Waals surface area (Å²) in [5, 5.41) is 11.8. The Bertz CT molecular complexity index is 1020. The number of carbonyl (C=O) groups excluding carboxylic acids is 1. The Labute approximate surface area is 176 Å². The molecule has 2 aliphatic heterocycles. The van der Waals surface area contributed by atoms with E-state index in [-0.39, 0.29) is 11.3 Å². The van der Waals surface area contributed by atoms with Gasteiger partial charge < -0.3 is 14.6 Å². The van der Waals surface area contributed by atoms with Gasteiger partial charge in [-0.25, -0.2) is 0 Å². The highest BCUT2D eigenvalue weighted by molar-refractivity contribution is 5.76. The van der Waals surface area contributed by atoms with Crippen LogP contribution in [-0.4, -0.2) is 40.6 Å². The molecule has 1 aromatic heterocycles. The lowest BCUT2D eigenvalue weighted by molar-refractivity contribution is -0.132. The zero-order chi connectivity index (χ0) is 20.4. The van der Waals surface area contributed by atoms with Gasteiger partial charge in [-0.05, 0) is 36.1 Å². The lowest BCUT2D eigenvalue weighted by Gasteiger charge is -2.45. The molecular formula is C24H26N4O2. The van der Waals surface area contributed by atoms with Gasteiger partial charge >= 0.3 is 0 Å². The van der Waals surface area contributed by atoms with E-state index in [0.717, 1.165) is 44.6 Å². The number of hydrogen-bond donors (Lipinski definition) is 1. The predicted octanol–water partition coefficient (Wildman–Crippen LogP) is 3.33. The molecule has 0 bridgehead atoms. The van der Waals surface area contributed by atoms with E-state index in [2.05, 4.69) is 39.8 Å². The third-order valence-corrected chi connectivity index (χ3v) is 6.48. The molecule has 1 spiro atoms. The average Bonchev–Trinajstić information content (AvgIpc) is 3.28. The molecule has 3 heterocycles. The van der Waals surface area contributed by atoms with E-state index in [1.54, 1.807) is 0 Å². The van der Waals surface area contributed by atoms with Crippen LogP contribution < -0.4 is 5.32 Å². The van der Waals surface area contributed by atoms with E-state index in [4.69, 9.17) is 4.42 Å². The molecule has 1 fully saturated rings. The molecule has 1 amide bonds. The molecular weight excluding hydrogens is 376 g/mol. The molecule has 30 heavy (non-hydrogen) atoms. The first-order valence-electron chi connectivity index (χ1n) is 10.7. The second kappa shape index (κ2) is 8.03. The Morgan fingerprint density at radius 2 is 1.80 bits per heavy atom. The fourth-order valence-electron chi connectivity index (χ4n) is 4.78. The fourth-order valence-corrected chi connectivity index (χ4v) is 4.78. The van der Waals surface area contributed by atoms with Gasteiger partial charge in [-0.3, -0.25) is 4.79 Å². The molecule has 1 saturated heterocycles. The number of aromatic nitrogens is 2. The number of carbonyl (C=O) groups is 1. The molecule has 2 aromatic carbocycles. The maximum absolute atomic E-state index is 12.8. The summed E-state index contributed by atoms with van der Waals surface area (Å²) in [5.41, 5.74) is 3.91. The molecule has 5 rings (SSSR count). The number of rotatable bonds is 4. The van der Waals surface area contributed by atoms with Gasteiger partial charge in [0, 0.05) is 50.0 Å². The van der Waals surface area contributed by atoms with Gasteiger partial charge in [0.05, 0.1) is 0 Å². The maximum atomic E-state index is 12.8. The topological polar surface area (TPSA) is 71.3 Å². The van der Waals surface area contributed by atoms with Crippen molar-refractivity contribution in [3.8, 4) is 11.5 Å². The molecule has 0 atom stereocenters. The molecule has 154 valence electrons. The molecule has 6 nitrogen and oxygen atoms in total. The number of nitrogens with one attached hydrogen (secondary N) is 1. The van der Waals surface area contributed by atoms with Crippen molar-refractivity contribution < 1.29 is 9.21 Å². The summed E-state index contributed by atoms with van der Waals surface area (Å²) < 4.78 is 5.74. The zero-order valence-electron chi connectivity index (χ0n) is 17.0. The van der Waals surface area contributed by atoms with Crippen molar-refractivity contribution in [1.29, 1.82) is 0 Å². The van der Waals surface area contributed by atoms with Gasteiger partial charge in [-0.1, -0.05) is 42.5 Å². The summed E-state index contributed by atoms with van der Waals surface area (Å²) in [4.78, 5) is 14.8. The van der Waals surface area contributed by atoms with Crippen molar-refractivity contribution >= 4 is 5.91 Å². The number of nitrogens with zero attached hydrogens (tertiary/aromatic N) is 3. The lowest BCUT2D eigenvalue weighted by atomic mass is 9.69. The number of amides is 1. The highest BCUT2D eigenvalue weighted by atomic mass is 16.4. The predicted molar refractivity (Wildman–Crippen MR) is 114 cm³/mol. The molecule has 0 aliphatic carbocycles. The van der Waals surface area contributed by atoms with Crippen molar-refractivity contribution in [3.63, 3.8) is 0 Å². The monoisotopic (exact) mass is 402 g/mol. The second-order valence-corrected chi connectivity index (χ2v) is 8.29. The van der Waals surface area contributed by atoms with Crippen LogP contribution >= 0.6 is 0 Å². The number of piperidine rings is 1. The first kappa shape index (κ1) is 19.0. The van der Waals surface area contributed by atoms with Crippen LogP contribution in [-0.2, 0) is 23.2 Å². The third-order valence-electron chi connectivity index (χ3n) is 6.48. The van der Waals surface area contributed by atoms with Gasteiger partial charge in [0.15, 0.2) is 0 Å².